The van der Waals surface area contributed by atoms with E-state index in [0.29, 0.717) is 6.61 Å². The maximum atomic E-state index is 12.4. The summed E-state index contributed by atoms with van der Waals surface area (Å²) in [6.45, 7) is 6.52. The number of rotatable bonds is 1. The van der Waals surface area contributed by atoms with Crippen molar-refractivity contribution in [1.29, 1.82) is 0 Å². The van der Waals surface area contributed by atoms with Crippen LogP contribution in [0.15, 0.2) is 0 Å². The van der Waals surface area contributed by atoms with E-state index in [1.807, 2.05) is 20.8 Å². The molecule has 1 aliphatic carbocycles. The Morgan fingerprint density at radius 3 is 2.53 bits per heavy atom. The van der Waals surface area contributed by atoms with E-state index < -0.39 is 16.8 Å². The molecule has 5 atom stereocenters. The molecule has 4 aliphatic rings. The van der Waals surface area contributed by atoms with Gasteiger partial charge in [-0.05, 0) is 12.8 Å². The third kappa shape index (κ3) is 0.630. The standard InChI is InChI=1S/C11H14O4/c1-5(2)11-7(15-11)6-9(3,14-6)10(4-13-10)8(11)12/h5-7H,4H2,1-3H3/t6-,7-,9-,10-,11-/m1/s1. The van der Waals surface area contributed by atoms with Crippen LogP contribution in [0.4, 0.5) is 0 Å². The molecule has 4 fully saturated rings. The van der Waals surface area contributed by atoms with Crippen LogP contribution >= 0.6 is 0 Å². The number of hydrogen-bond acceptors (Lipinski definition) is 4. The second kappa shape index (κ2) is 1.90. The Balaban J connectivity index is 1.83. The van der Waals surface area contributed by atoms with Gasteiger partial charge in [-0.3, -0.25) is 4.79 Å². The van der Waals surface area contributed by atoms with E-state index in [1.54, 1.807) is 0 Å². The summed E-state index contributed by atoms with van der Waals surface area (Å²) in [5, 5.41) is 0. The first-order valence-electron chi connectivity index (χ1n) is 5.53. The summed E-state index contributed by atoms with van der Waals surface area (Å²) >= 11 is 0. The highest BCUT2D eigenvalue weighted by molar-refractivity contribution is 6.03. The molecule has 3 aliphatic heterocycles. The summed E-state index contributed by atoms with van der Waals surface area (Å²) in [4.78, 5) is 12.4. The molecule has 1 spiro atoms. The molecule has 3 saturated heterocycles. The third-order valence-corrected chi connectivity index (χ3v) is 4.63. The number of hydrogen-bond donors (Lipinski definition) is 0. The summed E-state index contributed by atoms with van der Waals surface area (Å²) in [5.41, 5.74) is -1.67. The van der Waals surface area contributed by atoms with Crippen molar-refractivity contribution in [2.45, 2.75) is 49.8 Å². The number of Topliss-reactive ketones (excluding diaryl/α,β-unsaturated/α-hetero) is 1. The molecule has 0 aromatic rings. The quantitative estimate of drug-likeness (QED) is 0.584. The Morgan fingerprint density at radius 1 is 1.33 bits per heavy atom. The normalized spacial score (nSPS) is 64.1. The number of carbonyl (C=O) groups is 1. The molecule has 1 saturated carbocycles. The lowest BCUT2D eigenvalue weighted by Gasteiger charge is -2.26. The Kier molecular flexibility index (Phi) is 1.10. The number of fused-ring (bicyclic) bond motifs is 4. The average Bonchev–Trinajstić information content (AvgIpc) is 3.03. The predicted octanol–water partition coefficient (Wildman–Crippen LogP) is 0.289. The first kappa shape index (κ1) is 8.67. The maximum Gasteiger partial charge on any atom is 0.204 e. The molecule has 15 heavy (non-hydrogen) atoms. The van der Waals surface area contributed by atoms with Crippen molar-refractivity contribution in [3.05, 3.63) is 0 Å². The largest absolute Gasteiger partial charge is 0.360 e. The lowest BCUT2D eigenvalue weighted by molar-refractivity contribution is -0.133. The minimum absolute atomic E-state index is 0.0233. The molecule has 0 N–H and O–H groups in total. The molecule has 0 aromatic heterocycles. The molecule has 3 heterocycles. The molecule has 0 amide bonds. The van der Waals surface area contributed by atoms with Gasteiger partial charge in [0.25, 0.3) is 0 Å². The Bertz CT molecular complexity index is 386. The van der Waals surface area contributed by atoms with Gasteiger partial charge in [0.15, 0.2) is 11.2 Å². The van der Waals surface area contributed by atoms with Crippen molar-refractivity contribution in [3.63, 3.8) is 0 Å². The lowest BCUT2D eigenvalue weighted by atomic mass is 9.70. The van der Waals surface area contributed by atoms with Crippen LogP contribution in [-0.2, 0) is 19.0 Å². The van der Waals surface area contributed by atoms with Gasteiger partial charge in [0.2, 0.25) is 5.78 Å². The minimum Gasteiger partial charge on any atom is -0.360 e. The highest BCUT2D eigenvalue weighted by Crippen LogP contribution is 2.69. The molecular formula is C11H14O4. The summed E-state index contributed by atoms with van der Waals surface area (Å²) in [7, 11) is 0. The van der Waals surface area contributed by atoms with E-state index in [9.17, 15) is 4.79 Å². The van der Waals surface area contributed by atoms with Gasteiger partial charge in [0.1, 0.15) is 17.8 Å². The van der Waals surface area contributed by atoms with Crippen LogP contribution in [0.1, 0.15) is 20.8 Å². The van der Waals surface area contributed by atoms with Gasteiger partial charge in [0.05, 0.1) is 6.61 Å². The van der Waals surface area contributed by atoms with Crippen LogP contribution in [0, 0.1) is 5.92 Å². The number of epoxide rings is 3. The SMILES string of the molecule is CC(C)[C@@]12O[C@@H]1[C@H]1O[C@@]1(C)[C@@]1(CO1)C2=O. The van der Waals surface area contributed by atoms with Crippen LogP contribution in [-0.4, -0.2) is 41.4 Å². The van der Waals surface area contributed by atoms with E-state index in [4.69, 9.17) is 14.2 Å². The van der Waals surface area contributed by atoms with E-state index >= 15 is 0 Å². The van der Waals surface area contributed by atoms with Crippen molar-refractivity contribution < 1.29 is 19.0 Å². The van der Waals surface area contributed by atoms with Crippen LogP contribution < -0.4 is 0 Å². The monoisotopic (exact) mass is 210 g/mol. The fraction of sp³-hybridized carbons (Fsp3) is 0.909. The van der Waals surface area contributed by atoms with Gasteiger partial charge < -0.3 is 14.2 Å². The van der Waals surface area contributed by atoms with E-state index in [-0.39, 0.29) is 23.9 Å². The summed E-state index contributed by atoms with van der Waals surface area (Å²) < 4.78 is 16.8. The second-order valence-corrected chi connectivity index (χ2v) is 5.58. The van der Waals surface area contributed by atoms with Gasteiger partial charge in [-0.15, -0.1) is 0 Å². The minimum atomic E-state index is -0.672. The Hall–Kier alpha value is -0.450. The van der Waals surface area contributed by atoms with Gasteiger partial charge in [-0.2, -0.15) is 0 Å². The molecule has 82 valence electrons. The van der Waals surface area contributed by atoms with E-state index in [2.05, 4.69) is 0 Å². The van der Waals surface area contributed by atoms with E-state index in [0.717, 1.165) is 0 Å². The van der Waals surface area contributed by atoms with Crippen LogP contribution in [0.5, 0.6) is 0 Å². The molecule has 0 radical (unpaired) electrons. The molecule has 4 rings (SSSR count). The topological polar surface area (TPSA) is 54.7 Å². The highest BCUT2D eigenvalue weighted by atomic mass is 16.7. The number of carbonyl (C=O) groups excluding carboxylic acids is 1. The second-order valence-electron chi connectivity index (χ2n) is 5.58. The fourth-order valence-electron chi connectivity index (χ4n) is 3.31. The van der Waals surface area contributed by atoms with Gasteiger partial charge in [-0.1, -0.05) is 13.8 Å². The third-order valence-electron chi connectivity index (χ3n) is 4.63. The summed E-state index contributed by atoms with van der Waals surface area (Å²) in [6, 6.07) is 0. The van der Waals surface area contributed by atoms with Crippen LogP contribution in [0.25, 0.3) is 0 Å². The molecular weight excluding hydrogens is 196 g/mol. The molecule has 4 heteroatoms. The highest BCUT2D eigenvalue weighted by Gasteiger charge is 2.92. The lowest BCUT2D eigenvalue weighted by Crippen LogP contribution is -2.55. The Morgan fingerprint density at radius 2 is 2.00 bits per heavy atom. The predicted molar refractivity (Wildman–Crippen MR) is 49.4 cm³/mol. The zero-order valence-corrected chi connectivity index (χ0v) is 9.07. The molecule has 0 aromatic carbocycles. The first-order chi connectivity index (χ1) is 6.99. The summed E-state index contributed by atoms with van der Waals surface area (Å²) in [5.74, 6) is 0.316. The number of ketones is 1. The molecule has 0 unspecified atom stereocenters. The van der Waals surface area contributed by atoms with Gasteiger partial charge in [0, 0.05) is 0 Å². The molecule has 4 nitrogen and oxygen atoms in total. The Labute approximate surface area is 87.9 Å². The first-order valence-corrected chi connectivity index (χ1v) is 5.53. The average molecular weight is 210 g/mol. The fourth-order valence-corrected chi connectivity index (χ4v) is 3.31. The zero-order valence-electron chi connectivity index (χ0n) is 9.07. The van der Waals surface area contributed by atoms with E-state index in [1.165, 1.54) is 0 Å². The van der Waals surface area contributed by atoms with Gasteiger partial charge >= 0.3 is 0 Å². The number of ether oxygens (including phenoxy) is 3. The summed E-state index contributed by atoms with van der Waals surface area (Å²) in [6.07, 6.45) is 0.0462. The van der Waals surface area contributed by atoms with Crippen molar-refractivity contribution >= 4 is 5.78 Å². The smallest absolute Gasteiger partial charge is 0.204 e. The van der Waals surface area contributed by atoms with Crippen LogP contribution in [0.3, 0.4) is 0 Å². The van der Waals surface area contributed by atoms with Crippen molar-refractivity contribution in [1.82, 2.24) is 0 Å². The zero-order chi connectivity index (χ0) is 10.6. The van der Waals surface area contributed by atoms with Crippen LogP contribution in [0.2, 0.25) is 0 Å². The van der Waals surface area contributed by atoms with Crippen molar-refractivity contribution in [2.75, 3.05) is 6.61 Å². The maximum absolute atomic E-state index is 12.4. The van der Waals surface area contributed by atoms with Crippen molar-refractivity contribution in [3.8, 4) is 0 Å². The molecule has 0 bridgehead atoms. The van der Waals surface area contributed by atoms with Gasteiger partial charge in [-0.25, -0.2) is 0 Å². The van der Waals surface area contributed by atoms with Crippen molar-refractivity contribution in [2.24, 2.45) is 5.92 Å².